The molecule has 0 saturated heterocycles. The lowest BCUT2D eigenvalue weighted by Gasteiger charge is -2.08. The van der Waals surface area contributed by atoms with Crippen LogP contribution in [0.4, 0.5) is 0 Å². The largest absolute Gasteiger partial charge is 0.492 e. The maximum Gasteiger partial charge on any atom is 0.239 e. The first-order chi connectivity index (χ1) is 10.3. The summed E-state index contributed by atoms with van der Waals surface area (Å²) in [6.07, 6.45) is 5.92. The van der Waals surface area contributed by atoms with Gasteiger partial charge < -0.3 is 4.74 Å². The molecule has 21 heavy (non-hydrogen) atoms. The minimum Gasteiger partial charge on any atom is -0.492 e. The van der Waals surface area contributed by atoms with Gasteiger partial charge in [0.2, 0.25) is 11.2 Å². The highest BCUT2D eigenvalue weighted by molar-refractivity contribution is 6.28. The van der Waals surface area contributed by atoms with Crippen LogP contribution in [0.15, 0.2) is 36.9 Å². The molecule has 0 aliphatic carbocycles. The van der Waals surface area contributed by atoms with Gasteiger partial charge in [0.1, 0.15) is 12.1 Å². The Morgan fingerprint density at radius 1 is 1.19 bits per heavy atom. The molecule has 3 aromatic rings. The van der Waals surface area contributed by atoms with E-state index in [4.69, 9.17) is 16.3 Å². The Morgan fingerprint density at radius 3 is 3.00 bits per heavy atom. The molecule has 1 aliphatic rings. The predicted molar refractivity (Wildman–Crippen MR) is 76.6 cm³/mol. The third-order valence-electron chi connectivity index (χ3n) is 3.29. The molecule has 0 radical (unpaired) electrons. The molecule has 3 heterocycles. The van der Waals surface area contributed by atoms with Crippen molar-refractivity contribution in [1.29, 1.82) is 0 Å². The van der Waals surface area contributed by atoms with Crippen LogP contribution < -0.4 is 4.74 Å². The number of hydrogen-bond acceptors (Lipinski definition) is 5. The summed E-state index contributed by atoms with van der Waals surface area (Å²) in [7, 11) is 0. The van der Waals surface area contributed by atoms with Gasteiger partial charge in [-0.25, -0.2) is 4.98 Å². The van der Waals surface area contributed by atoms with Gasteiger partial charge in [0.25, 0.3) is 0 Å². The summed E-state index contributed by atoms with van der Waals surface area (Å²) >= 11 is 6.03. The van der Waals surface area contributed by atoms with E-state index in [2.05, 4.69) is 19.9 Å². The van der Waals surface area contributed by atoms with Gasteiger partial charge in [-0.1, -0.05) is 12.1 Å². The van der Waals surface area contributed by atoms with E-state index in [-0.39, 0.29) is 5.28 Å². The molecule has 0 spiro atoms. The summed E-state index contributed by atoms with van der Waals surface area (Å²) < 4.78 is 7.37. The molecule has 4 rings (SSSR count). The highest BCUT2D eigenvalue weighted by Gasteiger charge is 2.19. The van der Waals surface area contributed by atoms with E-state index in [9.17, 15) is 0 Å². The van der Waals surface area contributed by atoms with Crippen LogP contribution >= 0.6 is 11.6 Å². The van der Waals surface area contributed by atoms with Crippen LogP contribution in [0.3, 0.4) is 0 Å². The molecule has 0 atom stereocenters. The van der Waals surface area contributed by atoms with Gasteiger partial charge in [-0.05, 0) is 23.2 Å². The monoisotopic (exact) mass is 299 g/mol. The molecule has 6 nitrogen and oxygen atoms in total. The van der Waals surface area contributed by atoms with Gasteiger partial charge in [-0.3, -0.25) is 4.57 Å². The quantitative estimate of drug-likeness (QED) is 0.726. The van der Waals surface area contributed by atoms with Gasteiger partial charge in [0, 0.05) is 18.8 Å². The van der Waals surface area contributed by atoms with Crippen molar-refractivity contribution in [3.63, 3.8) is 0 Å². The van der Waals surface area contributed by atoms with E-state index in [0.29, 0.717) is 18.4 Å². The van der Waals surface area contributed by atoms with Gasteiger partial charge in [0.05, 0.1) is 12.2 Å². The van der Waals surface area contributed by atoms with Crippen molar-refractivity contribution in [1.82, 2.24) is 24.5 Å². The SMILES string of the molecule is Clc1nc(-c2cccc3c2OCC3)nc(-n2ccnc2)n1. The van der Waals surface area contributed by atoms with E-state index in [1.54, 1.807) is 23.3 Å². The van der Waals surface area contributed by atoms with Crippen LogP contribution in [0.25, 0.3) is 17.3 Å². The predicted octanol–water partition coefficient (Wildman–Crippen LogP) is 2.31. The maximum absolute atomic E-state index is 6.03. The van der Waals surface area contributed by atoms with Gasteiger partial charge >= 0.3 is 0 Å². The molecular weight excluding hydrogens is 290 g/mol. The number of rotatable bonds is 2. The average molecular weight is 300 g/mol. The number of imidazole rings is 1. The van der Waals surface area contributed by atoms with E-state index in [1.807, 2.05) is 18.2 Å². The molecule has 2 aromatic heterocycles. The van der Waals surface area contributed by atoms with Crippen LogP contribution in [0.5, 0.6) is 5.75 Å². The number of fused-ring (bicyclic) bond motifs is 1. The van der Waals surface area contributed by atoms with Crippen molar-refractivity contribution in [2.75, 3.05) is 6.61 Å². The fourth-order valence-corrected chi connectivity index (χ4v) is 2.50. The first kappa shape index (κ1) is 12.3. The van der Waals surface area contributed by atoms with E-state index in [1.165, 1.54) is 0 Å². The number of para-hydroxylation sites is 1. The number of ether oxygens (including phenoxy) is 1. The number of hydrogen-bond donors (Lipinski definition) is 0. The zero-order chi connectivity index (χ0) is 14.2. The fraction of sp³-hybridized carbons (Fsp3) is 0.143. The summed E-state index contributed by atoms with van der Waals surface area (Å²) in [6, 6.07) is 5.94. The maximum atomic E-state index is 6.03. The minimum atomic E-state index is 0.138. The topological polar surface area (TPSA) is 65.7 Å². The highest BCUT2D eigenvalue weighted by Crippen LogP contribution is 2.35. The van der Waals surface area contributed by atoms with Crippen molar-refractivity contribution in [3.05, 3.63) is 47.8 Å². The van der Waals surface area contributed by atoms with Crippen molar-refractivity contribution < 1.29 is 4.74 Å². The fourth-order valence-electron chi connectivity index (χ4n) is 2.34. The first-order valence-electron chi connectivity index (χ1n) is 6.46. The van der Waals surface area contributed by atoms with Crippen LogP contribution in [-0.4, -0.2) is 31.1 Å². The summed E-state index contributed by atoms with van der Waals surface area (Å²) in [5, 5.41) is 0.138. The van der Waals surface area contributed by atoms with Crippen molar-refractivity contribution in [2.45, 2.75) is 6.42 Å². The van der Waals surface area contributed by atoms with Crippen molar-refractivity contribution in [2.24, 2.45) is 0 Å². The van der Waals surface area contributed by atoms with E-state index < -0.39 is 0 Å². The molecule has 1 aromatic carbocycles. The minimum absolute atomic E-state index is 0.138. The molecule has 1 aliphatic heterocycles. The lowest BCUT2D eigenvalue weighted by molar-refractivity contribution is 0.358. The Balaban J connectivity index is 1.88. The normalized spacial score (nSPS) is 13.0. The zero-order valence-electron chi connectivity index (χ0n) is 10.9. The van der Waals surface area contributed by atoms with E-state index >= 15 is 0 Å². The Kier molecular flexibility index (Phi) is 2.82. The van der Waals surface area contributed by atoms with Gasteiger partial charge in [-0.2, -0.15) is 15.0 Å². The third-order valence-corrected chi connectivity index (χ3v) is 3.46. The zero-order valence-corrected chi connectivity index (χ0v) is 11.7. The molecule has 7 heteroatoms. The summed E-state index contributed by atoms with van der Waals surface area (Å²) in [5.41, 5.74) is 1.99. The number of nitrogens with zero attached hydrogens (tertiary/aromatic N) is 5. The average Bonchev–Trinajstić information content (AvgIpc) is 3.17. The Labute approximate surface area is 125 Å². The van der Waals surface area contributed by atoms with Crippen molar-refractivity contribution in [3.8, 4) is 23.1 Å². The third kappa shape index (κ3) is 2.13. The Bertz CT molecular complexity index is 803. The lowest BCUT2D eigenvalue weighted by atomic mass is 10.1. The van der Waals surface area contributed by atoms with Gasteiger partial charge in [-0.15, -0.1) is 0 Å². The summed E-state index contributed by atoms with van der Waals surface area (Å²) in [5.74, 6) is 1.76. The lowest BCUT2D eigenvalue weighted by Crippen LogP contribution is -2.03. The second kappa shape index (κ2) is 4.82. The van der Waals surface area contributed by atoms with E-state index in [0.717, 1.165) is 23.3 Å². The Morgan fingerprint density at radius 2 is 2.14 bits per heavy atom. The van der Waals surface area contributed by atoms with Crippen LogP contribution in [0.2, 0.25) is 5.28 Å². The summed E-state index contributed by atoms with van der Waals surface area (Å²) in [4.78, 5) is 16.8. The molecule has 0 fully saturated rings. The second-order valence-electron chi connectivity index (χ2n) is 4.59. The molecule has 104 valence electrons. The van der Waals surface area contributed by atoms with Crippen LogP contribution in [-0.2, 0) is 6.42 Å². The first-order valence-corrected chi connectivity index (χ1v) is 6.84. The molecule has 0 unspecified atom stereocenters. The number of benzene rings is 1. The molecular formula is C14H10ClN5O. The second-order valence-corrected chi connectivity index (χ2v) is 4.93. The van der Waals surface area contributed by atoms with Crippen LogP contribution in [0, 0.1) is 0 Å². The number of aromatic nitrogens is 5. The standard InChI is InChI=1S/C14H10ClN5O/c15-13-17-12(18-14(19-13)20-6-5-16-8-20)10-3-1-2-9-4-7-21-11(9)10/h1-3,5-6,8H,4,7H2. The molecule has 0 bridgehead atoms. The van der Waals surface area contributed by atoms with Crippen LogP contribution in [0.1, 0.15) is 5.56 Å². The summed E-state index contributed by atoms with van der Waals surface area (Å²) in [6.45, 7) is 0.680. The highest BCUT2D eigenvalue weighted by atomic mass is 35.5. The molecule has 0 amide bonds. The molecule has 0 N–H and O–H groups in total. The van der Waals surface area contributed by atoms with Gasteiger partial charge in [0.15, 0.2) is 5.82 Å². The number of halogens is 1. The smallest absolute Gasteiger partial charge is 0.239 e. The Hall–Kier alpha value is -2.47. The molecule has 0 saturated carbocycles. The van der Waals surface area contributed by atoms with Crippen molar-refractivity contribution >= 4 is 11.6 Å².